The average Bonchev–Trinajstić information content (AvgIpc) is 3.12. The number of aromatic nitrogens is 1. The minimum absolute atomic E-state index is 0.0160. The molecule has 3 rings (SSSR count). The number of piperazine rings is 1. The first-order valence-corrected chi connectivity index (χ1v) is 10.9. The highest BCUT2D eigenvalue weighted by atomic mass is 16.2. The van der Waals surface area contributed by atoms with E-state index in [1.807, 2.05) is 51.2 Å². The second kappa shape index (κ2) is 10.1. The van der Waals surface area contributed by atoms with Crippen LogP contribution in [0.2, 0.25) is 0 Å². The molecule has 30 heavy (non-hydrogen) atoms. The van der Waals surface area contributed by atoms with Crippen LogP contribution in [0.25, 0.3) is 10.9 Å². The van der Waals surface area contributed by atoms with Crippen LogP contribution >= 0.6 is 0 Å². The fraction of sp³-hybridized carbons (Fsp3) is 0.565. The zero-order chi connectivity index (χ0) is 21.7. The number of nitrogens with zero attached hydrogens (tertiary/aromatic N) is 2. The molecule has 1 fully saturated rings. The predicted molar refractivity (Wildman–Crippen MR) is 120 cm³/mol. The summed E-state index contributed by atoms with van der Waals surface area (Å²) in [6, 6.07) is 7.43. The van der Waals surface area contributed by atoms with Crippen molar-refractivity contribution >= 4 is 22.7 Å². The summed E-state index contributed by atoms with van der Waals surface area (Å²) in [5, 5.41) is 7.16. The number of aromatic amines is 1. The van der Waals surface area contributed by atoms with Gasteiger partial charge in [-0.3, -0.25) is 14.5 Å². The summed E-state index contributed by atoms with van der Waals surface area (Å²) in [5.74, 6) is -0.413. The summed E-state index contributed by atoms with van der Waals surface area (Å²) in [7, 11) is 2.13. The molecule has 2 amide bonds. The molecule has 3 N–H and O–H groups in total. The predicted octanol–water partition coefficient (Wildman–Crippen LogP) is 1.60. The van der Waals surface area contributed by atoms with E-state index < -0.39 is 6.04 Å². The van der Waals surface area contributed by atoms with Crippen LogP contribution in [0.1, 0.15) is 26.3 Å². The molecule has 0 radical (unpaired) electrons. The third-order valence-corrected chi connectivity index (χ3v) is 5.77. The van der Waals surface area contributed by atoms with Crippen molar-refractivity contribution in [1.29, 1.82) is 0 Å². The van der Waals surface area contributed by atoms with Crippen LogP contribution < -0.4 is 10.6 Å². The topological polar surface area (TPSA) is 80.5 Å². The molecule has 1 saturated heterocycles. The van der Waals surface area contributed by atoms with Gasteiger partial charge in [0.05, 0.1) is 0 Å². The molecule has 1 aliphatic rings. The Labute approximate surface area is 179 Å². The lowest BCUT2D eigenvalue weighted by Gasteiger charge is -2.34. The van der Waals surface area contributed by atoms with Gasteiger partial charge in [0.15, 0.2) is 0 Å². The van der Waals surface area contributed by atoms with E-state index in [1.165, 1.54) is 0 Å². The third kappa shape index (κ3) is 5.83. The molecule has 7 nitrogen and oxygen atoms in total. The molecule has 7 heteroatoms. The molecule has 2 aromatic rings. The van der Waals surface area contributed by atoms with Gasteiger partial charge in [0.25, 0.3) is 0 Å². The number of hydrogen-bond donors (Lipinski definition) is 3. The molecule has 2 unspecified atom stereocenters. The average molecular weight is 414 g/mol. The maximum absolute atomic E-state index is 13.1. The smallest absolute Gasteiger partial charge is 0.243 e. The highest BCUT2D eigenvalue weighted by molar-refractivity contribution is 5.90. The minimum atomic E-state index is -0.603. The summed E-state index contributed by atoms with van der Waals surface area (Å²) in [6.45, 7) is 10.7. The Morgan fingerprint density at radius 2 is 1.73 bits per heavy atom. The zero-order valence-corrected chi connectivity index (χ0v) is 18.6. The molecule has 1 aliphatic heterocycles. The van der Waals surface area contributed by atoms with Crippen molar-refractivity contribution in [3.05, 3.63) is 36.0 Å². The van der Waals surface area contributed by atoms with Crippen LogP contribution in [0.5, 0.6) is 0 Å². The first-order valence-electron chi connectivity index (χ1n) is 10.9. The van der Waals surface area contributed by atoms with Crippen molar-refractivity contribution in [2.45, 2.75) is 39.3 Å². The Morgan fingerprint density at radius 3 is 2.43 bits per heavy atom. The maximum atomic E-state index is 13.1. The molecule has 0 aliphatic carbocycles. The number of likely N-dealkylation sites (N-methyl/N-ethyl adjacent to an activating group) is 1. The minimum Gasteiger partial charge on any atom is -0.361 e. The monoisotopic (exact) mass is 413 g/mol. The van der Waals surface area contributed by atoms with E-state index in [1.54, 1.807) is 0 Å². The van der Waals surface area contributed by atoms with E-state index in [2.05, 4.69) is 32.5 Å². The van der Waals surface area contributed by atoms with E-state index in [0.717, 1.165) is 49.2 Å². The van der Waals surface area contributed by atoms with Gasteiger partial charge in [-0.1, -0.05) is 32.0 Å². The Kier molecular flexibility index (Phi) is 7.50. The van der Waals surface area contributed by atoms with Crippen molar-refractivity contribution in [2.75, 3.05) is 39.8 Å². The number of carbonyl (C=O) groups excluding carboxylic acids is 2. The summed E-state index contributed by atoms with van der Waals surface area (Å²) < 4.78 is 0. The number of amides is 2. The Hall–Kier alpha value is -2.38. The SMILES string of the molecule is CC(CN1CCN(C)CC1)NC(=O)C(Cc1c[nH]c2ccccc12)NC(=O)C(C)C. The van der Waals surface area contributed by atoms with E-state index in [0.29, 0.717) is 6.42 Å². The van der Waals surface area contributed by atoms with E-state index in [9.17, 15) is 9.59 Å². The van der Waals surface area contributed by atoms with Crippen molar-refractivity contribution in [1.82, 2.24) is 25.4 Å². The van der Waals surface area contributed by atoms with E-state index >= 15 is 0 Å². The number of H-pyrrole nitrogens is 1. The molecule has 2 heterocycles. The quantitative estimate of drug-likeness (QED) is 0.614. The van der Waals surface area contributed by atoms with Crippen LogP contribution in [0.15, 0.2) is 30.5 Å². The Morgan fingerprint density at radius 1 is 1.03 bits per heavy atom. The number of carbonyl (C=O) groups is 2. The lowest BCUT2D eigenvalue weighted by molar-refractivity contribution is -0.130. The number of para-hydroxylation sites is 1. The van der Waals surface area contributed by atoms with Crippen LogP contribution in [0.4, 0.5) is 0 Å². The lowest BCUT2D eigenvalue weighted by Crippen LogP contribution is -2.54. The molecule has 0 spiro atoms. The number of fused-ring (bicyclic) bond motifs is 1. The summed E-state index contributed by atoms with van der Waals surface area (Å²) >= 11 is 0. The van der Waals surface area contributed by atoms with E-state index in [4.69, 9.17) is 0 Å². The van der Waals surface area contributed by atoms with Crippen LogP contribution in [0.3, 0.4) is 0 Å². The maximum Gasteiger partial charge on any atom is 0.243 e. The standard InChI is InChI=1S/C23H35N5O2/c1-16(2)22(29)26-21(13-18-14-24-20-8-6-5-7-19(18)20)23(30)25-17(3)15-28-11-9-27(4)10-12-28/h5-8,14,16-17,21,24H,9-13,15H2,1-4H3,(H,25,30)(H,26,29). The largest absolute Gasteiger partial charge is 0.361 e. The Balaban J connectivity index is 1.66. The van der Waals surface area contributed by atoms with Crippen molar-refractivity contribution in [2.24, 2.45) is 5.92 Å². The highest BCUT2D eigenvalue weighted by Crippen LogP contribution is 2.19. The molecule has 2 atom stereocenters. The second-order valence-electron chi connectivity index (χ2n) is 8.79. The number of hydrogen-bond acceptors (Lipinski definition) is 4. The van der Waals surface area contributed by atoms with Gasteiger partial charge < -0.3 is 20.5 Å². The molecule has 164 valence electrons. The van der Waals surface area contributed by atoms with Gasteiger partial charge in [-0.25, -0.2) is 0 Å². The number of nitrogens with one attached hydrogen (secondary N) is 3. The normalized spacial score (nSPS) is 17.8. The molecule has 0 saturated carbocycles. The van der Waals surface area contributed by atoms with Crippen molar-refractivity contribution < 1.29 is 9.59 Å². The first kappa shape index (κ1) is 22.3. The molecule has 0 bridgehead atoms. The summed E-state index contributed by atoms with van der Waals surface area (Å²) in [6.07, 6.45) is 2.38. The van der Waals surface area contributed by atoms with Gasteiger partial charge in [-0.15, -0.1) is 0 Å². The van der Waals surface area contributed by atoms with Gasteiger partial charge in [-0.2, -0.15) is 0 Å². The summed E-state index contributed by atoms with van der Waals surface area (Å²) in [5.41, 5.74) is 2.06. The van der Waals surface area contributed by atoms with Gasteiger partial charge in [0.1, 0.15) is 6.04 Å². The van der Waals surface area contributed by atoms with Crippen molar-refractivity contribution in [3.63, 3.8) is 0 Å². The fourth-order valence-corrected chi connectivity index (χ4v) is 3.87. The van der Waals surface area contributed by atoms with Gasteiger partial charge >= 0.3 is 0 Å². The highest BCUT2D eigenvalue weighted by Gasteiger charge is 2.25. The first-order chi connectivity index (χ1) is 14.3. The van der Waals surface area contributed by atoms with E-state index in [-0.39, 0.29) is 23.8 Å². The van der Waals surface area contributed by atoms with Crippen LogP contribution in [-0.2, 0) is 16.0 Å². The fourth-order valence-electron chi connectivity index (χ4n) is 3.87. The third-order valence-electron chi connectivity index (χ3n) is 5.77. The van der Waals surface area contributed by atoms with Crippen LogP contribution in [-0.4, -0.2) is 78.5 Å². The molecule has 1 aromatic heterocycles. The van der Waals surface area contributed by atoms with Crippen LogP contribution in [0, 0.1) is 5.92 Å². The number of rotatable bonds is 8. The molecule has 1 aromatic carbocycles. The second-order valence-corrected chi connectivity index (χ2v) is 8.79. The molecular weight excluding hydrogens is 378 g/mol. The Bertz CT molecular complexity index is 854. The lowest BCUT2D eigenvalue weighted by atomic mass is 10.0. The summed E-state index contributed by atoms with van der Waals surface area (Å²) in [4.78, 5) is 33.4. The zero-order valence-electron chi connectivity index (χ0n) is 18.6. The van der Waals surface area contributed by atoms with Gasteiger partial charge in [-0.05, 0) is 25.6 Å². The molecular formula is C23H35N5O2. The van der Waals surface area contributed by atoms with Gasteiger partial charge in [0.2, 0.25) is 11.8 Å². The van der Waals surface area contributed by atoms with Gasteiger partial charge in [0, 0.05) is 68.2 Å². The van der Waals surface area contributed by atoms with Crippen molar-refractivity contribution in [3.8, 4) is 0 Å². The number of benzene rings is 1.